The van der Waals surface area contributed by atoms with Crippen molar-refractivity contribution in [2.75, 3.05) is 5.32 Å². The number of aromatic nitrogens is 1. The molecule has 3 nitrogen and oxygen atoms in total. The van der Waals surface area contributed by atoms with Gasteiger partial charge in [-0.25, -0.2) is 0 Å². The van der Waals surface area contributed by atoms with Crippen molar-refractivity contribution in [1.29, 1.82) is 0 Å². The fraction of sp³-hybridized carbons (Fsp3) is 0. The van der Waals surface area contributed by atoms with Crippen LogP contribution >= 0.6 is 0 Å². The van der Waals surface area contributed by atoms with E-state index in [1.54, 1.807) is 42.6 Å². The molecule has 0 bridgehead atoms. The maximum Gasteiger partial charge on any atom is 0.272 e. The Morgan fingerprint density at radius 3 is 2.80 bits per heavy atom. The maximum absolute atomic E-state index is 11.6. The van der Waals surface area contributed by atoms with Crippen LogP contribution in [0, 0.1) is 6.92 Å². The Morgan fingerprint density at radius 1 is 1.27 bits per heavy atom. The van der Waals surface area contributed by atoms with Gasteiger partial charge >= 0.3 is 0 Å². The van der Waals surface area contributed by atoms with Gasteiger partial charge < -0.3 is 10.3 Å². The van der Waals surface area contributed by atoms with E-state index in [0.29, 0.717) is 16.9 Å². The van der Waals surface area contributed by atoms with Crippen molar-refractivity contribution in [1.82, 2.24) is 4.98 Å². The van der Waals surface area contributed by atoms with Gasteiger partial charge in [0.05, 0.1) is 0 Å². The van der Waals surface area contributed by atoms with E-state index in [4.69, 9.17) is 6.92 Å². The smallest absolute Gasteiger partial charge is 0.272 e. The first-order valence-corrected chi connectivity index (χ1v) is 4.56. The highest BCUT2D eigenvalue weighted by molar-refractivity contribution is 6.02. The highest BCUT2D eigenvalue weighted by Crippen LogP contribution is 2.10. The third-order valence-electron chi connectivity index (χ3n) is 1.99. The number of benzene rings is 1. The Morgan fingerprint density at radius 2 is 2.13 bits per heavy atom. The molecule has 0 aliphatic carbocycles. The van der Waals surface area contributed by atoms with Gasteiger partial charge in [0.1, 0.15) is 5.69 Å². The molecule has 74 valence electrons. The molecule has 0 spiro atoms. The number of amides is 1. The Kier molecular flexibility index (Phi) is 2.54. The molecule has 2 N–H and O–H groups in total. The second-order valence-electron chi connectivity index (χ2n) is 3.16. The molecule has 15 heavy (non-hydrogen) atoms. The number of anilines is 1. The molecular formula is C12H10N2O. The Hall–Kier alpha value is -2.03. The van der Waals surface area contributed by atoms with Crippen LogP contribution in [-0.4, -0.2) is 10.9 Å². The van der Waals surface area contributed by atoms with Crippen molar-refractivity contribution in [2.45, 2.75) is 0 Å². The van der Waals surface area contributed by atoms with Gasteiger partial charge in [-0.1, -0.05) is 12.1 Å². The monoisotopic (exact) mass is 198 g/mol. The van der Waals surface area contributed by atoms with E-state index < -0.39 is 0 Å². The summed E-state index contributed by atoms with van der Waals surface area (Å²) in [5, 5.41) is 2.73. The van der Waals surface area contributed by atoms with E-state index in [0.717, 1.165) is 0 Å². The molecule has 0 atom stereocenters. The summed E-state index contributed by atoms with van der Waals surface area (Å²) in [5.41, 5.74) is 1.84. The zero-order valence-corrected chi connectivity index (χ0v) is 8.03. The second-order valence-corrected chi connectivity index (χ2v) is 3.16. The van der Waals surface area contributed by atoms with Gasteiger partial charge in [-0.2, -0.15) is 0 Å². The van der Waals surface area contributed by atoms with Gasteiger partial charge in [-0.15, -0.1) is 0 Å². The first kappa shape index (κ1) is 9.52. The van der Waals surface area contributed by atoms with E-state index >= 15 is 0 Å². The van der Waals surface area contributed by atoms with Gasteiger partial charge in [-0.3, -0.25) is 4.79 Å². The number of H-pyrrole nitrogens is 1. The average Bonchev–Trinajstić information content (AvgIpc) is 2.70. The zero-order valence-electron chi connectivity index (χ0n) is 8.03. The Bertz CT molecular complexity index is 460. The zero-order chi connectivity index (χ0) is 10.7. The minimum absolute atomic E-state index is 0.175. The largest absolute Gasteiger partial charge is 0.357 e. The van der Waals surface area contributed by atoms with Crippen molar-refractivity contribution in [3.05, 3.63) is 60.8 Å². The van der Waals surface area contributed by atoms with Crippen molar-refractivity contribution < 1.29 is 4.79 Å². The van der Waals surface area contributed by atoms with Gasteiger partial charge in [-0.05, 0) is 36.8 Å². The van der Waals surface area contributed by atoms with Crippen LogP contribution in [-0.2, 0) is 0 Å². The molecule has 3 heteroatoms. The predicted octanol–water partition coefficient (Wildman–Crippen LogP) is 2.33. The van der Waals surface area contributed by atoms with Crippen LogP contribution in [0.15, 0.2) is 42.6 Å². The SMILES string of the molecule is [CH]c1cccc(NC(=O)c2ccc[nH]2)c1. The minimum atomic E-state index is -0.175. The highest BCUT2D eigenvalue weighted by Gasteiger charge is 2.05. The lowest BCUT2D eigenvalue weighted by molar-refractivity contribution is 0.102. The summed E-state index contributed by atoms with van der Waals surface area (Å²) < 4.78 is 0. The molecular weight excluding hydrogens is 188 g/mol. The molecule has 1 amide bonds. The first-order chi connectivity index (χ1) is 7.25. The molecule has 0 aliphatic heterocycles. The summed E-state index contributed by atoms with van der Waals surface area (Å²) in [7, 11) is 0. The molecule has 0 saturated heterocycles. The lowest BCUT2D eigenvalue weighted by atomic mass is 10.2. The van der Waals surface area contributed by atoms with Crippen molar-refractivity contribution >= 4 is 11.6 Å². The number of carbonyl (C=O) groups is 1. The van der Waals surface area contributed by atoms with E-state index in [9.17, 15) is 4.79 Å². The Labute approximate surface area is 88.1 Å². The predicted molar refractivity (Wildman–Crippen MR) is 58.6 cm³/mol. The van der Waals surface area contributed by atoms with Gasteiger partial charge in [0.15, 0.2) is 0 Å². The van der Waals surface area contributed by atoms with Crippen LogP contribution in [0.4, 0.5) is 5.69 Å². The number of hydrogen-bond acceptors (Lipinski definition) is 1. The van der Waals surface area contributed by atoms with E-state index in [-0.39, 0.29) is 5.91 Å². The van der Waals surface area contributed by atoms with Crippen molar-refractivity contribution in [2.24, 2.45) is 0 Å². The first-order valence-electron chi connectivity index (χ1n) is 4.56. The molecule has 1 heterocycles. The van der Waals surface area contributed by atoms with Crippen molar-refractivity contribution in [3.8, 4) is 0 Å². The van der Waals surface area contributed by atoms with Gasteiger partial charge in [0, 0.05) is 11.9 Å². The quantitative estimate of drug-likeness (QED) is 0.764. The summed E-state index contributed by atoms with van der Waals surface area (Å²) in [4.78, 5) is 14.4. The van der Waals surface area contributed by atoms with Gasteiger partial charge in [0.25, 0.3) is 5.91 Å². The molecule has 2 rings (SSSR count). The van der Waals surface area contributed by atoms with Crippen LogP contribution in [0.2, 0.25) is 0 Å². The molecule has 2 radical (unpaired) electrons. The minimum Gasteiger partial charge on any atom is -0.357 e. The second kappa shape index (κ2) is 4.00. The number of nitrogens with one attached hydrogen (secondary N) is 2. The van der Waals surface area contributed by atoms with E-state index in [1.807, 2.05) is 0 Å². The molecule has 0 saturated carbocycles. The van der Waals surface area contributed by atoms with Crippen LogP contribution < -0.4 is 5.32 Å². The normalized spacial score (nSPS) is 9.93. The third kappa shape index (κ3) is 2.26. The third-order valence-corrected chi connectivity index (χ3v) is 1.99. The fourth-order valence-corrected chi connectivity index (χ4v) is 1.29. The average molecular weight is 198 g/mol. The van der Waals surface area contributed by atoms with E-state index in [2.05, 4.69) is 10.3 Å². The summed E-state index contributed by atoms with van der Waals surface area (Å²) in [6.07, 6.45) is 1.70. The van der Waals surface area contributed by atoms with Crippen LogP contribution in [0.25, 0.3) is 0 Å². The standard InChI is InChI=1S/C12H10N2O/c1-9-4-2-5-10(8-9)14-12(15)11-6-3-7-13-11/h1-8,13H,(H,14,15). The summed E-state index contributed by atoms with van der Waals surface area (Å²) in [6.45, 7) is 5.59. The van der Waals surface area contributed by atoms with Crippen molar-refractivity contribution in [3.63, 3.8) is 0 Å². The molecule has 0 unspecified atom stereocenters. The topological polar surface area (TPSA) is 44.9 Å². The summed E-state index contributed by atoms with van der Waals surface area (Å²) >= 11 is 0. The Balaban J connectivity index is 2.13. The molecule has 1 aromatic heterocycles. The lowest BCUT2D eigenvalue weighted by Gasteiger charge is -2.03. The number of rotatable bonds is 2. The number of carbonyl (C=O) groups excluding carboxylic acids is 1. The van der Waals surface area contributed by atoms with Gasteiger partial charge in [0.2, 0.25) is 0 Å². The maximum atomic E-state index is 11.6. The van der Waals surface area contributed by atoms with E-state index in [1.165, 1.54) is 0 Å². The fourth-order valence-electron chi connectivity index (χ4n) is 1.29. The molecule has 1 aromatic carbocycles. The van der Waals surface area contributed by atoms with Crippen LogP contribution in [0.3, 0.4) is 0 Å². The number of hydrogen-bond donors (Lipinski definition) is 2. The summed E-state index contributed by atoms with van der Waals surface area (Å²) in [6, 6.07) is 10.5. The number of aromatic amines is 1. The van der Waals surface area contributed by atoms with Crippen LogP contribution in [0.1, 0.15) is 16.1 Å². The summed E-state index contributed by atoms with van der Waals surface area (Å²) in [5.74, 6) is -0.175. The molecule has 2 aromatic rings. The molecule has 0 aliphatic rings. The lowest BCUT2D eigenvalue weighted by Crippen LogP contribution is -2.12. The molecule has 0 fully saturated rings. The highest BCUT2D eigenvalue weighted by atomic mass is 16.1. The van der Waals surface area contributed by atoms with Crippen LogP contribution in [0.5, 0.6) is 0 Å².